The second-order valence-corrected chi connectivity index (χ2v) is 6.03. The van der Waals surface area contributed by atoms with Gasteiger partial charge in [-0.3, -0.25) is 4.98 Å². The lowest BCUT2D eigenvalue weighted by Gasteiger charge is -2.05. The van der Waals surface area contributed by atoms with Gasteiger partial charge in [0, 0.05) is 18.1 Å². The van der Waals surface area contributed by atoms with Crippen molar-refractivity contribution in [2.24, 2.45) is 5.10 Å². The first kappa shape index (κ1) is 16.1. The highest BCUT2D eigenvalue weighted by Crippen LogP contribution is 2.16. The zero-order valence-electron chi connectivity index (χ0n) is 14.7. The summed E-state index contributed by atoms with van der Waals surface area (Å²) in [6, 6.07) is 14.0. The second-order valence-electron chi connectivity index (χ2n) is 6.03. The van der Waals surface area contributed by atoms with Gasteiger partial charge < -0.3 is 5.43 Å². The van der Waals surface area contributed by atoms with E-state index in [1.165, 1.54) is 0 Å². The number of nitrogens with zero attached hydrogens (tertiary/aromatic N) is 6. The van der Waals surface area contributed by atoms with Crippen molar-refractivity contribution in [1.82, 2.24) is 30.4 Å². The molecule has 4 aromatic rings. The number of hydrogen-bond donors (Lipinski definition) is 1. The van der Waals surface area contributed by atoms with Gasteiger partial charge in [-0.25, -0.2) is 9.67 Å². The lowest BCUT2D eigenvalue weighted by molar-refractivity contribution is 0.664. The summed E-state index contributed by atoms with van der Waals surface area (Å²) in [6.07, 6.45) is 1.80. The average Bonchev–Trinajstić information content (AvgIpc) is 3.08. The SMILES string of the molecule is CCNN=C(C)c1ccc2nnn(Cc3ccc4ncccc4c3)c2n1. The minimum atomic E-state index is 0.598. The Kier molecular flexibility index (Phi) is 4.27. The van der Waals surface area contributed by atoms with Gasteiger partial charge in [0.25, 0.3) is 0 Å². The molecule has 0 bridgehead atoms. The number of rotatable bonds is 5. The molecule has 1 aromatic carbocycles. The first-order chi connectivity index (χ1) is 12.7. The molecule has 4 rings (SSSR count). The van der Waals surface area contributed by atoms with Crippen LogP contribution in [-0.2, 0) is 6.54 Å². The summed E-state index contributed by atoms with van der Waals surface area (Å²) >= 11 is 0. The van der Waals surface area contributed by atoms with Crippen molar-refractivity contribution in [3.05, 3.63) is 59.9 Å². The average molecular weight is 345 g/mol. The Morgan fingerprint density at radius 2 is 2.04 bits per heavy atom. The number of benzene rings is 1. The first-order valence-electron chi connectivity index (χ1n) is 8.56. The molecule has 3 heterocycles. The second kappa shape index (κ2) is 6.87. The Labute approximate surface area is 150 Å². The minimum Gasteiger partial charge on any atom is -0.310 e. The molecule has 26 heavy (non-hydrogen) atoms. The third-order valence-electron chi connectivity index (χ3n) is 4.13. The van der Waals surface area contributed by atoms with Gasteiger partial charge in [0.05, 0.1) is 23.5 Å². The van der Waals surface area contributed by atoms with Crippen molar-refractivity contribution in [2.45, 2.75) is 20.4 Å². The number of pyridine rings is 2. The monoisotopic (exact) mass is 345 g/mol. The quantitative estimate of drug-likeness (QED) is 0.444. The van der Waals surface area contributed by atoms with Crippen LogP contribution in [0.15, 0.2) is 53.8 Å². The van der Waals surface area contributed by atoms with Crippen molar-refractivity contribution in [3.63, 3.8) is 0 Å². The molecule has 7 heteroatoms. The summed E-state index contributed by atoms with van der Waals surface area (Å²) in [4.78, 5) is 9.06. The van der Waals surface area contributed by atoms with Gasteiger partial charge in [0.1, 0.15) is 5.52 Å². The highest BCUT2D eigenvalue weighted by atomic mass is 15.4. The molecule has 130 valence electrons. The largest absolute Gasteiger partial charge is 0.310 e. The van der Waals surface area contributed by atoms with Crippen LogP contribution in [0.4, 0.5) is 0 Å². The smallest absolute Gasteiger partial charge is 0.179 e. The maximum atomic E-state index is 4.70. The van der Waals surface area contributed by atoms with Crippen LogP contribution in [0.5, 0.6) is 0 Å². The Morgan fingerprint density at radius 1 is 1.15 bits per heavy atom. The summed E-state index contributed by atoms with van der Waals surface area (Å²) in [5.74, 6) is 0. The molecule has 0 fully saturated rings. The molecule has 0 aliphatic carbocycles. The predicted octanol–water partition coefficient (Wildman–Crippen LogP) is 2.76. The van der Waals surface area contributed by atoms with Crippen molar-refractivity contribution < 1.29 is 0 Å². The summed E-state index contributed by atoms with van der Waals surface area (Å²) < 4.78 is 1.82. The van der Waals surface area contributed by atoms with Gasteiger partial charge >= 0.3 is 0 Å². The summed E-state index contributed by atoms with van der Waals surface area (Å²) in [5, 5.41) is 13.9. The van der Waals surface area contributed by atoms with E-state index in [-0.39, 0.29) is 0 Å². The van der Waals surface area contributed by atoms with Crippen molar-refractivity contribution in [3.8, 4) is 0 Å². The highest BCUT2D eigenvalue weighted by molar-refractivity contribution is 5.98. The third kappa shape index (κ3) is 3.11. The molecular weight excluding hydrogens is 326 g/mol. The number of hydrogen-bond acceptors (Lipinski definition) is 6. The number of nitrogens with one attached hydrogen (secondary N) is 1. The highest BCUT2D eigenvalue weighted by Gasteiger charge is 2.10. The van der Waals surface area contributed by atoms with E-state index in [2.05, 4.69) is 44.0 Å². The van der Waals surface area contributed by atoms with Crippen LogP contribution in [0.2, 0.25) is 0 Å². The predicted molar refractivity (Wildman–Crippen MR) is 102 cm³/mol. The van der Waals surface area contributed by atoms with E-state index in [1.54, 1.807) is 6.20 Å². The zero-order chi connectivity index (χ0) is 17.9. The first-order valence-corrected chi connectivity index (χ1v) is 8.56. The third-order valence-corrected chi connectivity index (χ3v) is 4.13. The standard InChI is InChI=1S/C19H19N7/c1-3-21-23-13(2)16-8-9-18-19(22-16)26(25-24-18)12-14-6-7-17-15(11-14)5-4-10-20-17/h4-11,21H,3,12H2,1-2H3. The maximum Gasteiger partial charge on any atom is 0.179 e. The van der Waals surface area contributed by atoms with E-state index in [0.29, 0.717) is 6.54 Å². The Morgan fingerprint density at radius 3 is 2.92 bits per heavy atom. The Hall–Kier alpha value is -3.35. The van der Waals surface area contributed by atoms with Crippen LogP contribution in [-0.4, -0.2) is 37.2 Å². The van der Waals surface area contributed by atoms with E-state index in [1.807, 2.05) is 42.8 Å². The Bertz CT molecular complexity index is 1100. The van der Waals surface area contributed by atoms with Gasteiger partial charge in [0.15, 0.2) is 5.65 Å². The van der Waals surface area contributed by atoms with E-state index in [4.69, 9.17) is 4.98 Å². The van der Waals surface area contributed by atoms with Gasteiger partial charge in [0.2, 0.25) is 0 Å². The topological polar surface area (TPSA) is 80.9 Å². The van der Waals surface area contributed by atoms with Crippen LogP contribution in [0.1, 0.15) is 25.1 Å². The molecule has 3 aromatic heterocycles. The fourth-order valence-corrected chi connectivity index (χ4v) is 2.81. The van der Waals surface area contributed by atoms with Gasteiger partial charge in [-0.15, -0.1) is 5.10 Å². The summed E-state index contributed by atoms with van der Waals surface area (Å²) in [5.41, 5.74) is 8.24. The summed E-state index contributed by atoms with van der Waals surface area (Å²) in [6.45, 7) is 5.31. The van der Waals surface area contributed by atoms with E-state index in [0.717, 1.165) is 45.6 Å². The van der Waals surface area contributed by atoms with Gasteiger partial charge in [-0.1, -0.05) is 17.3 Å². The molecular formula is C19H19N7. The molecule has 0 spiro atoms. The fraction of sp³-hybridized carbons (Fsp3) is 0.211. The molecule has 0 radical (unpaired) electrons. The lowest BCUT2D eigenvalue weighted by atomic mass is 10.1. The van der Waals surface area contributed by atoms with E-state index in [9.17, 15) is 0 Å². The molecule has 0 saturated carbocycles. The molecule has 0 amide bonds. The van der Waals surface area contributed by atoms with E-state index < -0.39 is 0 Å². The maximum absolute atomic E-state index is 4.70. The van der Waals surface area contributed by atoms with Crippen molar-refractivity contribution in [2.75, 3.05) is 6.54 Å². The van der Waals surface area contributed by atoms with Gasteiger partial charge in [-0.05, 0) is 49.7 Å². The van der Waals surface area contributed by atoms with Crippen LogP contribution < -0.4 is 5.43 Å². The molecule has 0 aliphatic rings. The number of hydrazone groups is 1. The molecule has 0 saturated heterocycles. The van der Waals surface area contributed by atoms with Crippen LogP contribution >= 0.6 is 0 Å². The minimum absolute atomic E-state index is 0.598. The number of fused-ring (bicyclic) bond motifs is 2. The lowest BCUT2D eigenvalue weighted by Crippen LogP contribution is -2.10. The molecule has 7 nitrogen and oxygen atoms in total. The number of aromatic nitrogens is 5. The fourth-order valence-electron chi connectivity index (χ4n) is 2.81. The van der Waals surface area contributed by atoms with E-state index >= 15 is 0 Å². The van der Waals surface area contributed by atoms with Gasteiger partial charge in [-0.2, -0.15) is 5.10 Å². The molecule has 0 unspecified atom stereocenters. The molecule has 0 atom stereocenters. The van der Waals surface area contributed by atoms with Crippen LogP contribution in [0.3, 0.4) is 0 Å². The molecule has 1 N–H and O–H groups in total. The van der Waals surface area contributed by atoms with Crippen LogP contribution in [0.25, 0.3) is 22.1 Å². The Balaban J connectivity index is 1.69. The van der Waals surface area contributed by atoms with Crippen LogP contribution in [0, 0.1) is 0 Å². The zero-order valence-corrected chi connectivity index (χ0v) is 14.7. The normalized spacial score (nSPS) is 12.0. The molecule has 0 aliphatic heterocycles. The van der Waals surface area contributed by atoms with Crippen molar-refractivity contribution in [1.29, 1.82) is 0 Å². The van der Waals surface area contributed by atoms with Crippen molar-refractivity contribution >= 4 is 27.8 Å². The summed E-state index contributed by atoms with van der Waals surface area (Å²) in [7, 11) is 0.